The summed E-state index contributed by atoms with van der Waals surface area (Å²) in [6, 6.07) is 13.1. The average Bonchev–Trinajstić information content (AvgIpc) is 3.66. The van der Waals surface area contributed by atoms with Crippen LogP contribution in [-0.4, -0.2) is 87.6 Å². The second-order valence-corrected chi connectivity index (χ2v) is 13.3. The molecule has 48 heavy (non-hydrogen) atoms. The first-order valence-electron chi connectivity index (χ1n) is 16.8. The second-order valence-electron chi connectivity index (χ2n) is 13.3. The molecule has 0 saturated carbocycles. The molecule has 3 aliphatic heterocycles. The van der Waals surface area contributed by atoms with E-state index in [0.29, 0.717) is 49.5 Å². The summed E-state index contributed by atoms with van der Waals surface area (Å²) < 4.78 is 70.1. The number of alkyl halides is 4. The minimum Gasteiger partial charge on any atom is -0.497 e. The van der Waals surface area contributed by atoms with Gasteiger partial charge < -0.3 is 14.4 Å². The topological polar surface area (TPSA) is 78.3 Å². The molecular weight excluding hydrogens is 628 g/mol. The number of anilines is 1. The highest BCUT2D eigenvalue weighted by Crippen LogP contribution is 2.46. The summed E-state index contributed by atoms with van der Waals surface area (Å²) in [5, 5.41) is 10.9. The maximum absolute atomic E-state index is 17.6. The highest BCUT2D eigenvalue weighted by atomic mass is 19.4. The third-order valence-electron chi connectivity index (χ3n) is 10.5. The van der Waals surface area contributed by atoms with E-state index in [1.54, 1.807) is 24.1 Å². The molecule has 12 heteroatoms. The van der Waals surface area contributed by atoms with Crippen LogP contribution in [0.3, 0.4) is 0 Å². The number of likely N-dealkylation sites (tertiary alicyclic amines) is 2. The van der Waals surface area contributed by atoms with Crippen LogP contribution in [0.4, 0.5) is 23.2 Å². The van der Waals surface area contributed by atoms with E-state index in [4.69, 9.17) is 14.3 Å². The van der Waals surface area contributed by atoms with Crippen LogP contribution in [0.5, 0.6) is 5.75 Å². The maximum Gasteiger partial charge on any atom is 0.416 e. The van der Waals surface area contributed by atoms with E-state index in [9.17, 15) is 23.2 Å². The summed E-state index contributed by atoms with van der Waals surface area (Å²) in [4.78, 5) is 23.6. The maximum atomic E-state index is 17.6. The van der Waals surface area contributed by atoms with Crippen LogP contribution in [0.25, 0.3) is 0 Å². The van der Waals surface area contributed by atoms with E-state index < -0.39 is 29.2 Å². The molecule has 0 N–H and O–H groups in total. The van der Waals surface area contributed by atoms with Gasteiger partial charge in [-0.3, -0.25) is 19.6 Å². The third kappa shape index (κ3) is 7.43. The fourth-order valence-corrected chi connectivity index (χ4v) is 7.59. The lowest BCUT2D eigenvalue weighted by molar-refractivity contribution is -0.143. The molecule has 5 rings (SSSR count). The number of hydroxylamine groups is 1. The van der Waals surface area contributed by atoms with Gasteiger partial charge in [-0.15, -0.1) is 0 Å². The van der Waals surface area contributed by atoms with Crippen LogP contribution in [-0.2, 0) is 20.5 Å². The van der Waals surface area contributed by atoms with Crippen LogP contribution < -0.4 is 9.80 Å². The largest absolute Gasteiger partial charge is 0.497 e. The smallest absolute Gasteiger partial charge is 0.416 e. The van der Waals surface area contributed by atoms with E-state index in [-0.39, 0.29) is 55.7 Å². The van der Waals surface area contributed by atoms with Gasteiger partial charge >= 0.3 is 6.18 Å². The zero-order chi connectivity index (χ0) is 34.6. The predicted octanol–water partition coefficient (Wildman–Crippen LogP) is 6.57. The van der Waals surface area contributed by atoms with Crippen LogP contribution in [0.15, 0.2) is 42.5 Å². The number of hydrogen-bond acceptors (Lipinski definition) is 7. The average molecular weight is 675 g/mol. The van der Waals surface area contributed by atoms with E-state index in [1.807, 2.05) is 26.0 Å². The van der Waals surface area contributed by atoms with Crippen molar-refractivity contribution in [3.05, 3.63) is 59.2 Å². The lowest BCUT2D eigenvalue weighted by Crippen LogP contribution is -2.50. The van der Waals surface area contributed by atoms with Crippen molar-refractivity contribution in [2.45, 2.75) is 69.3 Å². The Morgan fingerprint density at radius 1 is 1.12 bits per heavy atom. The molecule has 3 heterocycles. The zero-order valence-corrected chi connectivity index (χ0v) is 28.1. The Kier molecular flexibility index (Phi) is 11.2. The Balaban J connectivity index is 1.44. The molecule has 8 nitrogen and oxygen atoms in total. The summed E-state index contributed by atoms with van der Waals surface area (Å²) in [5.41, 5.74) is -1.47. The van der Waals surface area contributed by atoms with E-state index in [0.717, 1.165) is 25.0 Å². The molecule has 0 aliphatic carbocycles. The van der Waals surface area contributed by atoms with Crippen LogP contribution in [0.2, 0.25) is 0 Å². The molecule has 0 bridgehead atoms. The number of methoxy groups -OCH3 is 1. The van der Waals surface area contributed by atoms with Gasteiger partial charge in [-0.2, -0.15) is 18.4 Å². The van der Waals surface area contributed by atoms with Crippen molar-refractivity contribution in [3.8, 4) is 11.8 Å². The molecule has 0 spiro atoms. The molecule has 2 aromatic carbocycles. The molecular formula is C36H46F4N4O4. The zero-order valence-electron chi connectivity index (χ0n) is 28.1. The van der Waals surface area contributed by atoms with Gasteiger partial charge in [0.2, 0.25) is 5.67 Å². The number of ether oxygens (including phenoxy) is 2. The molecule has 2 aromatic rings. The summed E-state index contributed by atoms with van der Waals surface area (Å²) in [6.45, 7) is 5.99. The van der Waals surface area contributed by atoms with Gasteiger partial charge in [-0.1, -0.05) is 32.0 Å². The third-order valence-corrected chi connectivity index (χ3v) is 10.5. The van der Waals surface area contributed by atoms with Crippen molar-refractivity contribution in [1.29, 1.82) is 5.26 Å². The van der Waals surface area contributed by atoms with Crippen LogP contribution in [0, 0.1) is 23.2 Å². The number of amides is 1. The fraction of sp³-hybridized carbons (Fsp3) is 0.611. The van der Waals surface area contributed by atoms with Crippen molar-refractivity contribution in [1.82, 2.24) is 9.80 Å². The summed E-state index contributed by atoms with van der Waals surface area (Å²) >= 11 is 0. The minimum absolute atomic E-state index is 0.0385. The first-order valence-corrected chi connectivity index (χ1v) is 16.8. The Hall–Kier alpha value is -3.40. The number of rotatable bonds is 11. The van der Waals surface area contributed by atoms with Crippen LogP contribution in [0.1, 0.15) is 68.1 Å². The molecule has 262 valence electrons. The number of carbonyl (C=O) groups is 1. The van der Waals surface area contributed by atoms with E-state index in [2.05, 4.69) is 11.0 Å². The van der Waals surface area contributed by atoms with Gasteiger partial charge in [-0.25, -0.2) is 4.39 Å². The van der Waals surface area contributed by atoms with E-state index >= 15 is 4.39 Å². The van der Waals surface area contributed by atoms with Gasteiger partial charge in [0.25, 0.3) is 5.91 Å². The van der Waals surface area contributed by atoms with Gasteiger partial charge in [-0.05, 0) is 67.0 Å². The Morgan fingerprint density at radius 3 is 2.44 bits per heavy atom. The van der Waals surface area contributed by atoms with Crippen molar-refractivity contribution < 1.29 is 36.7 Å². The molecule has 3 saturated heterocycles. The highest BCUT2D eigenvalue weighted by Gasteiger charge is 2.57. The number of carbonyl (C=O) groups excluding carboxylic acids is 1. The highest BCUT2D eigenvalue weighted by molar-refractivity contribution is 5.88. The van der Waals surface area contributed by atoms with Crippen molar-refractivity contribution in [2.24, 2.45) is 11.8 Å². The standard InChI is InChI=1S/C36H46F4N4O4/c1-5-25(19-41)12-15-44(47-4)33-18-27(36(38,39)40)8-11-30(33)31-21-42(20-24(31)2)34(45)35(37)23-43(28-13-16-48-17-14-28)22-32(35)26-6-9-29(46-3)10-7-26/h6-11,18,24-25,28,31-32H,5,12-17,20-23H2,1-4H3/t24-,25?,31-,32-,35-/m0/s1. The summed E-state index contributed by atoms with van der Waals surface area (Å²) in [6.07, 6.45) is -2.04. The number of hydrogen-bond donors (Lipinski definition) is 0. The Labute approximate surface area is 280 Å². The molecule has 0 radical (unpaired) electrons. The van der Waals surface area contributed by atoms with Crippen molar-refractivity contribution in [2.75, 3.05) is 65.2 Å². The molecule has 0 aromatic heterocycles. The minimum atomic E-state index is -4.58. The molecule has 1 amide bonds. The number of nitriles is 1. The number of benzene rings is 2. The first kappa shape index (κ1) is 35.9. The Bertz CT molecular complexity index is 1440. The van der Waals surface area contributed by atoms with E-state index in [1.165, 1.54) is 18.2 Å². The lowest BCUT2D eigenvalue weighted by atomic mass is 9.85. The van der Waals surface area contributed by atoms with Crippen molar-refractivity contribution in [3.63, 3.8) is 0 Å². The normalized spacial score (nSPS) is 26.0. The monoisotopic (exact) mass is 674 g/mol. The number of nitrogens with zero attached hydrogens (tertiary/aromatic N) is 4. The molecule has 1 unspecified atom stereocenters. The van der Waals surface area contributed by atoms with Gasteiger partial charge in [0.1, 0.15) is 5.75 Å². The van der Waals surface area contributed by atoms with Crippen molar-refractivity contribution >= 4 is 11.6 Å². The van der Waals surface area contributed by atoms with Gasteiger partial charge in [0.15, 0.2) is 0 Å². The quantitative estimate of drug-likeness (QED) is 0.197. The summed E-state index contributed by atoms with van der Waals surface area (Å²) in [7, 11) is 2.95. The lowest BCUT2D eigenvalue weighted by Gasteiger charge is -2.32. The molecule has 3 aliphatic rings. The molecule has 5 atom stereocenters. The number of halogens is 4. The SMILES string of the molecule is CCC(C#N)CCN(OC)c1cc(C(F)(F)F)ccc1[C@H]1CN(C(=O)[C@]2(F)CN(C3CCOCC3)C[C@H]2c2ccc(OC)cc2)C[C@@H]1C. The fourth-order valence-electron chi connectivity index (χ4n) is 7.59. The first-order chi connectivity index (χ1) is 22.9. The van der Waals surface area contributed by atoms with Gasteiger partial charge in [0.05, 0.1) is 31.5 Å². The predicted molar refractivity (Wildman–Crippen MR) is 173 cm³/mol. The summed E-state index contributed by atoms with van der Waals surface area (Å²) in [5.74, 6) is -1.46. The van der Waals surface area contributed by atoms with Gasteiger partial charge in [0, 0.05) is 69.7 Å². The molecule has 3 fully saturated rings. The van der Waals surface area contributed by atoms with Crippen LogP contribution >= 0.6 is 0 Å². The second kappa shape index (κ2) is 15.0. The Morgan fingerprint density at radius 2 is 1.83 bits per heavy atom.